The molecule has 180 valence electrons. The molecule has 1 N–H and O–H groups in total. The van der Waals surface area contributed by atoms with E-state index in [0.717, 1.165) is 34.2 Å². The minimum absolute atomic E-state index is 0.152. The number of benzene rings is 1. The molecule has 0 aliphatic rings. The number of aromatic nitrogens is 10. The van der Waals surface area contributed by atoms with Gasteiger partial charge in [0, 0.05) is 17.0 Å². The first-order chi connectivity index (χ1) is 16.8. The molecule has 0 unspecified atom stereocenters. The first kappa shape index (κ1) is 22.7. The summed E-state index contributed by atoms with van der Waals surface area (Å²) in [5.74, 6) is 0. The molecule has 2 atom stereocenters. The fourth-order valence-corrected chi connectivity index (χ4v) is 4.60. The van der Waals surface area contributed by atoms with Crippen LogP contribution >= 0.6 is 0 Å². The molecule has 0 amide bonds. The van der Waals surface area contributed by atoms with Crippen LogP contribution in [0, 0.1) is 27.7 Å². The highest BCUT2D eigenvalue weighted by atomic mass is 16.3. The summed E-state index contributed by atoms with van der Waals surface area (Å²) in [5, 5.41) is 30.4. The van der Waals surface area contributed by atoms with Gasteiger partial charge in [0.25, 0.3) is 0 Å². The van der Waals surface area contributed by atoms with E-state index in [0.29, 0.717) is 5.56 Å². The number of hydrogen-bond donors (Lipinski definition) is 1. The molecule has 0 spiro atoms. The summed E-state index contributed by atoms with van der Waals surface area (Å²) in [6.45, 7) is 10.00. The Morgan fingerprint density at radius 1 is 0.857 bits per heavy atom. The second-order valence-corrected chi connectivity index (χ2v) is 8.95. The number of rotatable bonds is 7. The normalized spacial score (nSPS) is 14.2. The first-order valence-corrected chi connectivity index (χ1v) is 11.4. The molecule has 1 aromatic carbocycles. The van der Waals surface area contributed by atoms with Crippen molar-refractivity contribution >= 4 is 0 Å². The van der Waals surface area contributed by atoms with E-state index in [1.165, 1.54) is 12.7 Å². The Hall–Kier alpha value is -4.12. The molecule has 11 heteroatoms. The van der Waals surface area contributed by atoms with Crippen LogP contribution in [0.1, 0.15) is 41.3 Å². The van der Waals surface area contributed by atoms with Crippen LogP contribution in [-0.4, -0.2) is 54.2 Å². The number of nitrogens with zero attached hydrogens (tertiary/aromatic N) is 10. The van der Waals surface area contributed by atoms with Gasteiger partial charge < -0.3 is 5.11 Å². The monoisotopic (exact) mass is 472 g/mol. The van der Waals surface area contributed by atoms with Crippen molar-refractivity contribution in [1.82, 2.24) is 49.1 Å². The molecule has 11 nitrogen and oxygen atoms in total. The minimum Gasteiger partial charge on any atom is -0.381 e. The Bertz CT molecular complexity index is 1450. The molecule has 4 aromatic heterocycles. The molecule has 0 saturated heterocycles. The maximum atomic E-state index is 12.4. The average molecular weight is 473 g/mol. The van der Waals surface area contributed by atoms with Crippen LogP contribution in [0.4, 0.5) is 0 Å². The van der Waals surface area contributed by atoms with Crippen LogP contribution in [0.2, 0.25) is 0 Å². The minimum atomic E-state index is -1.43. The summed E-state index contributed by atoms with van der Waals surface area (Å²) < 4.78 is 7.02. The molecule has 4 heterocycles. The van der Waals surface area contributed by atoms with Crippen LogP contribution in [0.15, 0.2) is 55.6 Å². The maximum absolute atomic E-state index is 12.4. The van der Waals surface area contributed by atoms with Gasteiger partial charge in [0.15, 0.2) is 0 Å². The van der Waals surface area contributed by atoms with Gasteiger partial charge in [-0.05, 0) is 58.9 Å². The van der Waals surface area contributed by atoms with Crippen LogP contribution in [-0.2, 0) is 12.1 Å². The summed E-state index contributed by atoms with van der Waals surface area (Å²) in [5.41, 5.74) is 4.64. The smallest absolute Gasteiger partial charge is 0.137 e. The molecule has 35 heavy (non-hydrogen) atoms. The predicted octanol–water partition coefficient (Wildman–Crippen LogP) is 2.62. The molecular formula is C24H28N10O. The summed E-state index contributed by atoms with van der Waals surface area (Å²) in [4.78, 5) is 8.15. The van der Waals surface area contributed by atoms with E-state index in [2.05, 4.69) is 25.3 Å². The van der Waals surface area contributed by atoms with Crippen molar-refractivity contribution in [2.45, 2.75) is 52.8 Å². The Morgan fingerprint density at radius 3 is 2.09 bits per heavy atom. The summed E-state index contributed by atoms with van der Waals surface area (Å²) in [6, 6.07) is 9.47. The Kier molecular flexibility index (Phi) is 5.56. The zero-order chi connectivity index (χ0) is 24.7. The largest absolute Gasteiger partial charge is 0.381 e. The van der Waals surface area contributed by atoms with E-state index in [1.807, 2.05) is 74.3 Å². The van der Waals surface area contributed by atoms with Crippen molar-refractivity contribution in [3.05, 3.63) is 84.0 Å². The van der Waals surface area contributed by atoms with Gasteiger partial charge in [0.1, 0.15) is 30.9 Å². The van der Waals surface area contributed by atoms with Crippen molar-refractivity contribution in [2.24, 2.45) is 0 Å². The highest BCUT2D eigenvalue weighted by Crippen LogP contribution is 2.39. The second kappa shape index (κ2) is 8.58. The summed E-state index contributed by atoms with van der Waals surface area (Å²) in [7, 11) is 0. The summed E-state index contributed by atoms with van der Waals surface area (Å²) in [6.07, 6.45) is 6.10. The molecule has 0 radical (unpaired) electrons. The lowest BCUT2D eigenvalue weighted by Crippen LogP contribution is -2.41. The zero-order valence-corrected chi connectivity index (χ0v) is 20.4. The van der Waals surface area contributed by atoms with Crippen LogP contribution in [0.25, 0.3) is 11.4 Å². The second-order valence-electron chi connectivity index (χ2n) is 8.95. The van der Waals surface area contributed by atoms with Crippen molar-refractivity contribution in [2.75, 3.05) is 0 Å². The molecule has 0 aliphatic heterocycles. The van der Waals surface area contributed by atoms with Crippen LogP contribution < -0.4 is 0 Å². The van der Waals surface area contributed by atoms with E-state index >= 15 is 0 Å². The molecule has 5 rings (SSSR count). The van der Waals surface area contributed by atoms with Gasteiger partial charge in [-0.25, -0.2) is 28.7 Å². The van der Waals surface area contributed by atoms with Crippen LogP contribution in [0.5, 0.6) is 0 Å². The topological polar surface area (TPSA) is 117 Å². The van der Waals surface area contributed by atoms with Crippen molar-refractivity contribution in [1.29, 1.82) is 0 Å². The maximum Gasteiger partial charge on any atom is 0.137 e. The van der Waals surface area contributed by atoms with Crippen LogP contribution in [0.3, 0.4) is 0 Å². The van der Waals surface area contributed by atoms with Gasteiger partial charge in [-0.15, -0.1) is 0 Å². The Balaban J connectivity index is 1.75. The van der Waals surface area contributed by atoms with Gasteiger partial charge in [0.05, 0.1) is 35.3 Å². The summed E-state index contributed by atoms with van der Waals surface area (Å²) >= 11 is 0. The third-order valence-corrected chi connectivity index (χ3v) is 6.33. The SMILES string of the molecule is Cc1cc(C)n(-c2ccc([C@@](O)(Cn3cncn3)[C@@H](C)n3cncn3)c(-n3nc(C)cc3C)c2)n1. The third kappa shape index (κ3) is 4.03. The fourth-order valence-electron chi connectivity index (χ4n) is 4.60. The number of hydrogen-bond acceptors (Lipinski definition) is 7. The predicted molar refractivity (Wildman–Crippen MR) is 128 cm³/mol. The van der Waals surface area contributed by atoms with Crippen molar-refractivity contribution < 1.29 is 5.11 Å². The van der Waals surface area contributed by atoms with Gasteiger partial charge in [0.2, 0.25) is 0 Å². The van der Waals surface area contributed by atoms with E-state index < -0.39 is 11.6 Å². The van der Waals surface area contributed by atoms with Gasteiger partial charge in [-0.1, -0.05) is 6.07 Å². The van der Waals surface area contributed by atoms with Gasteiger partial charge >= 0.3 is 0 Å². The molecule has 0 fully saturated rings. The highest BCUT2D eigenvalue weighted by molar-refractivity contribution is 5.53. The fraction of sp³-hybridized carbons (Fsp3) is 0.333. The molecule has 5 aromatic rings. The number of aryl methyl sites for hydroxylation is 4. The third-order valence-electron chi connectivity index (χ3n) is 6.33. The first-order valence-electron chi connectivity index (χ1n) is 11.4. The average Bonchev–Trinajstić information content (AvgIpc) is 3.62. The Morgan fingerprint density at radius 2 is 1.51 bits per heavy atom. The highest BCUT2D eigenvalue weighted by Gasteiger charge is 2.41. The van der Waals surface area contributed by atoms with Crippen molar-refractivity contribution in [3.63, 3.8) is 0 Å². The van der Waals surface area contributed by atoms with E-state index in [9.17, 15) is 5.11 Å². The molecule has 0 aliphatic carbocycles. The molecule has 0 bridgehead atoms. The molecular weight excluding hydrogens is 444 g/mol. The molecule has 0 saturated carbocycles. The van der Waals surface area contributed by atoms with Gasteiger partial charge in [-0.3, -0.25) is 0 Å². The van der Waals surface area contributed by atoms with Gasteiger partial charge in [-0.2, -0.15) is 20.4 Å². The lowest BCUT2D eigenvalue weighted by Gasteiger charge is -2.36. The zero-order valence-electron chi connectivity index (χ0n) is 20.4. The van der Waals surface area contributed by atoms with E-state index in [4.69, 9.17) is 5.10 Å². The lowest BCUT2D eigenvalue weighted by molar-refractivity contribution is -0.0342. The van der Waals surface area contributed by atoms with E-state index in [-0.39, 0.29) is 6.54 Å². The Labute approximate surface area is 202 Å². The number of aliphatic hydroxyl groups is 1. The van der Waals surface area contributed by atoms with Crippen molar-refractivity contribution in [3.8, 4) is 11.4 Å². The lowest BCUT2D eigenvalue weighted by atomic mass is 9.85. The van der Waals surface area contributed by atoms with E-state index in [1.54, 1.807) is 22.0 Å². The quantitative estimate of drug-likeness (QED) is 0.387. The standard InChI is InChI=1S/C24H28N10O/c1-16-8-18(3)33(29-16)21-6-7-22(23(10-21)34-19(4)9-17(2)30-34)24(35,11-31-14-25-12-27-31)20(5)32-15-26-13-28-32/h6-10,12-15,20,35H,11H2,1-5H3/t20-,24-/m1/s1.